The van der Waals surface area contributed by atoms with Crippen molar-refractivity contribution >= 4 is 12.4 Å². The Bertz CT molecular complexity index is 266. The second-order valence-electron chi connectivity index (χ2n) is 5.56. The van der Waals surface area contributed by atoms with Crippen LogP contribution in [0.5, 0.6) is 0 Å². The lowest BCUT2D eigenvalue weighted by atomic mass is 9.80. The highest BCUT2D eigenvalue weighted by Gasteiger charge is 2.35. The maximum atomic E-state index is 11.2. The second kappa shape index (κ2) is 4.85. The third-order valence-corrected chi connectivity index (χ3v) is 3.22. The van der Waals surface area contributed by atoms with Crippen LogP contribution in [-0.2, 0) is 4.79 Å². The molecule has 1 N–H and O–H groups in total. The van der Waals surface area contributed by atoms with E-state index in [1.807, 2.05) is 20.8 Å². The molecule has 0 bridgehead atoms. The smallest absolute Gasteiger partial charge is 0.408 e. The summed E-state index contributed by atoms with van der Waals surface area (Å²) < 4.78 is 0. The summed E-state index contributed by atoms with van der Waals surface area (Å²) in [7, 11) is 0. The van der Waals surface area contributed by atoms with E-state index >= 15 is 0 Å². The van der Waals surface area contributed by atoms with Gasteiger partial charge in [-0.2, -0.15) is 0 Å². The van der Waals surface area contributed by atoms with Crippen molar-refractivity contribution in [2.24, 2.45) is 5.92 Å². The summed E-state index contributed by atoms with van der Waals surface area (Å²) in [6, 6.07) is -0.497. The molecular formula is C12H21NO3. The lowest BCUT2D eigenvalue weighted by Crippen LogP contribution is -2.52. The van der Waals surface area contributed by atoms with Gasteiger partial charge in [0.25, 0.3) is 0 Å². The van der Waals surface area contributed by atoms with Crippen LogP contribution in [0, 0.1) is 5.92 Å². The van der Waals surface area contributed by atoms with E-state index in [0.29, 0.717) is 12.3 Å². The molecule has 1 amide bonds. The van der Waals surface area contributed by atoms with Gasteiger partial charge in [0, 0.05) is 5.54 Å². The summed E-state index contributed by atoms with van der Waals surface area (Å²) in [5.74, 6) is 0.527. The molecule has 0 saturated heterocycles. The Morgan fingerprint density at radius 3 is 2.31 bits per heavy atom. The molecule has 1 atom stereocenters. The van der Waals surface area contributed by atoms with Gasteiger partial charge in [-0.1, -0.05) is 19.3 Å². The molecule has 0 heterocycles. The molecule has 1 fully saturated rings. The molecule has 0 radical (unpaired) electrons. The molecule has 1 rings (SSSR count). The lowest BCUT2D eigenvalue weighted by Gasteiger charge is -2.39. The van der Waals surface area contributed by atoms with Gasteiger partial charge in [-0.05, 0) is 33.1 Å². The maximum absolute atomic E-state index is 11.2. The molecule has 1 aliphatic rings. The second-order valence-corrected chi connectivity index (χ2v) is 5.56. The SMILES string of the molecule is CC(C)(C)N(C(=O)O)[C@H](C=O)CC1CCC1. The Hall–Kier alpha value is -1.06. The van der Waals surface area contributed by atoms with Gasteiger partial charge in [-0.25, -0.2) is 4.79 Å². The topological polar surface area (TPSA) is 57.6 Å². The van der Waals surface area contributed by atoms with Gasteiger partial charge in [-0.3, -0.25) is 4.90 Å². The number of carbonyl (C=O) groups is 2. The molecule has 0 unspecified atom stereocenters. The van der Waals surface area contributed by atoms with E-state index in [0.717, 1.165) is 19.1 Å². The predicted octanol–water partition coefficient (Wildman–Crippen LogP) is 2.52. The Balaban J connectivity index is 2.72. The molecule has 0 aromatic carbocycles. The highest BCUT2D eigenvalue weighted by atomic mass is 16.4. The molecule has 92 valence electrons. The third kappa shape index (κ3) is 2.97. The van der Waals surface area contributed by atoms with E-state index in [-0.39, 0.29) is 0 Å². The fourth-order valence-electron chi connectivity index (χ4n) is 2.22. The molecule has 1 aliphatic carbocycles. The highest BCUT2D eigenvalue weighted by Crippen LogP contribution is 2.32. The Morgan fingerprint density at radius 2 is 2.06 bits per heavy atom. The van der Waals surface area contributed by atoms with E-state index < -0.39 is 17.7 Å². The lowest BCUT2D eigenvalue weighted by molar-refractivity contribution is -0.114. The first-order valence-corrected chi connectivity index (χ1v) is 5.84. The number of carbonyl (C=O) groups excluding carboxylic acids is 1. The van der Waals surface area contributed by atoms with E-state index in [4.69, 9.17) is 0 Å². The van der Waals surface area contributed by atoms with Gasteiger partial charge in [0.1, 0.15) is 6.29 Å². The van der Waals surface area contributed by atoms with Crippen molar-refractivity contribution in [1.29, 1.82) is 0 Å². The summed E-state index contributed by atoms with van der Waals surface area (Å²) in [6.07, 6.45) is 3.90. The van der Waals surface area contributed by atoms with Crippen LogP contribution in [0.4, 0.5) is 4.79 Å². The minimum absolute atomic E-state index is 0.497. The maximum Gasteiger partial charge on any atom is 0.408 e. The average Bonchev–Trinajstić information content (AvgIpc) is 2.05. The molecular weight excluding hydrogens is 206 g/mol. The Labute approximate surface area is 96.6 Å². The van der Waals surface area contributed by atoms with Crippen molar-refractivity contribution in [3.8, 4) is 0 Å². The molecule has 0 aliphatic heterocycles. The molecule has 0 aromatic heterocycles. The van der Waals surface area contributed by atoms with Gasteiger partial charge in [0.15, 0.2) is 0 Å². The molecule has 1 saturated carbocycles. The minimum Gasteiger partial charge on any atom is -0.465 e. The highest BCUT2D eigenvalue weighted by molar-refractivity contribution is 5.72. The van der Waals surface area contributed by atoms with Gasteiger partial charge in [0.05, 0.1) is 6.04 Å². The fraction of sp³-hybridized carbons (Fsp3) is 0.833. The van der Waals surface area contributed by atoms with Crippen LogP contribution in [0.1, 0.15) is 46.5 Å². The number of amides is 1. The van der Waals surface area contributed by atoms with E-state index in [2.05, 4.69) is 0 Å². The zero-order valence-electron chi connectivity index (χ0n) is 10.3. The van der Waals surface area contributed by atoms with Gasteiger partial charge in [-0.15, -0.1) is 0 Å². The van der Waals surface area contributed by atoms with Gasteiger partial charge >= 0.3 is 6.09 Å². The minimum atomic E-state index is -1.01. The van der Waals surface area contributed by atoms with Gasteiger partial charge in [0.2, 0.25) is 0 Å². The number of carboxylic acid groups (broad SMARTS) is 1. The number of hydrogen-bond donors (Lipinski definition) is 1. The summed E-state index contributed by atoms with van der Waals surface area (Å²) in [6.45, 7) is 5.45. The standard InChI is InChI=1S/C12H21NO3/c1-12(2,3)13(11(15)16)10(8-14)7-9-5-4-6-9/h8-10H,4-7H2,1-3H3,(H,15,16)/t10-/m0/s1. The first kappa shape index (κ1) is 13.0. The van der Waals surface area contributed by atoms with Crippen molar-refractivity contribution < 1.29 is 14.7 Å². The van der Waals surface area contributed by atoms with Crippen LogP contribution in [0.15, 0.2) is 0 Å². The Kier molecular flexibility index (Phi) is 3.94. The summed E-state index contributed by atoms with van der Waals surface area (Å²) in [5, 5.41) is 9.18. The quantitative estimate of drug-likeness (QED) is 0.751. The van der Waals surface area contributed by atoms with Crippen LogP contribution in [0.2, 0.25) is 0 Å². The first-order valence-electron chi connectivity index (χ1n) is 5.84. The van der Waals surface area contributed by atoms with Crippen LogP contribution < -0.4 is 0 Å². The molecule has 0 spiro atoms. The number of nitrogens with zero attached hydrogens (tertiary/aromatic N) is 1. The van der Waals surface area contributed by atoms with E-state index in [1.165, 1.54) is 11.3 Å². The van der Waals surface area contributed by atoms with E-state index in [9.17, 15) is 14.7 Å². The molecule has 16 heavy (non-hydrogen) atoms. The zero-order chi connectivity index (χ0) is 12.3. The number of aldehydes is 1. The van der Waals surface area contributed by atoms with Crippen molar-refractivity contribution in [3.05, 3.63) is 0 Å². The summed E-state index contributed by atoms with van der Waals surface area (Å²) in [5.41, 5.74) is -0.527. The van der Waals surface area contributed by atoms with Crippen molar-refractivity contribution in [2.75, 3.05) is 0 Å². The summed E-state index contributed by atoms with van der Waals surface area (Å²) in [4.78, 5) is 23.5. The molecule has 4 heteroatoms. The van der Waals surface area contributed by atoms with Crippen LogP contribution >= 0.6 is 0 Å². The monoisotopic (exact) mass is 227 g/mol. The fourth-order valence-corrected chi connectivity index (χ4v) is 2.22. The van der Waals surface area contributed by atoms with Crippen molar-refractivity contribution in [1.82, 2.24) is 4.90 Å². The predicted molar refractivity (Wildman–Crippen MR) is 61.4 cm³/mol. The number of hydrogen-bond acceptors (Lipinski definition) is 2. The van der Waals surface area contributed by atoms with Crippen molar-refractivity contribution in [3.63, 3.8) is 0 Å². The van der Waals surface area contributed by atoms with Crippen LogP contribution in [0.25, 0.3) is 0 Å². The third-order valence-electron chi connectivity index (χ3n) is 3.22. The molecule has 4 nitrogen and oxygen atoms in total. The Morgan fingerprint density at radius 1 is 1.50 bits per heavy atom. The largest absolute Gasteiger partial charge is 0.465 e. The number of rotatable bonds is 4. The zero-order valence-corrected chi connectivity index (χ0v) is 10.3. The van der Waals surface area contributed by atoms with Crippen molar-refractivity contribution in [2.45, 2.75) is 58.0 Å². The normalized spacial score (nSPS) is 18.7. The van der Waals surface area contributed by atoms with Crippen LogP contribution in [-0.4, -0.2) is 34.0 Å². The summed E-state index contributed by atoms with van der Waals surface area (Å²) >= 11 is 0. The average molecular weight is 227 g/mol. The van der Waals surface area contributed by atoms with E-state index in [1.54, 1.807) is 0 Å². The van der Waals surface area contributed by atoms with Gasteiger partial charge < -0.3 is 9.90 Å². The first-order chi connectivity index (χ1) is 7.36. The van der Waals surface area contributed by atoms with Crippen LogP contribution in [0.3, 0.4) is 0 Å². The molecule has 0 aromatic rings.